The summed E-state index contributed by atoms with van der Waals surface area (Å²) >= 11 is 0. The smallest absolute Gasteiger partial charge is 0.281 e. The van der Waals surface area contributed by atoms with Gasteiger partial charge in [0.05, 0.1) is 51.2 Å². The number of hydrogen-bond donors (Lipinski definition) is 2. The first-order valence-electron chi connectivity index (χ1n) is 13.0. The van der Waals surface area contributed by atoms with Gasteiger partial charge in [-0.25, -0.2) is 14.2 Å². The van der Waals surface area contributed by atoms with Gasteiger partial charge < -0.3 is 5.32 Å². The van der Waals surface area contributed by atoms with Crippen molar-refractivity contribution < 1.29 is 4.79 Å². The maximum absolute atomic E-state index is 14.1. The van der Waals surface area contributed by atoms with Crippen LogP contribution in [0.25, 0.3) is 16.4 Å². The minimum absolute atomic E-state index is 0.312. The number of nitrogens with one attached hydrogen (secondary N) is 2. The second-order valence-corrected chi connectivity index (χ2v) is 9.63. The van der Waals surface area contributed by atoms with Crippen LogP contribution >= 0.6 is 0 Å². The van der Waals surface area contributed by atoms with E-state index in [0.717, 1.165) is 5.56 Å². The Morgan fingerprint density at radius 1 is 1.00 bits per heavy atom. The highest BCUT2D eigenvalue weighted by atomic mass is 16.2. The number of fused-ring (bicyclic) bond motifs is 2. The van der Waals surface area contributed by atoms with Gasteiger partial charge in [0.1, 0.15) is 0 Å². The minimum atomic E-state index is -0.640. The SMILES string of the molecule is Cc1nn2ccccc2c1C(=O)N[C@@H](C)c1nc2cccc(C#Cc3cnn(C)c3)c2c(=O)n1Nc1ccccc1. The number of rotatable bonds is 5. The second-order valence-electron chi connectivity index (χ2n) is 9.63. The van der Waals surface area contributed by atoms with E-state index in [4.69, 9.17) is 4.98 Å². The average molecular weight is 543 g/mol. The Balaban J connectivity index is 1.45. The molecule has 0 saturated carbocycles. The van der Waals surface area contributed by atoms with Gasteiger partial charge in [0.15, 0.2) is 5.82 Å². The number of benzene rings is 2. The summed E-state index contributed by atoms with van der Waals surface area (Å²) in [4.78, 5) is 32.4. The van der Waals surface area contributed by atoms with Crippen molar-refractivity contribution in [1.29, 1.82) is 0 Å². The van der Waals surface area contributed by atoms with Crippen LogP contribution in [0.1, 0.15) is 46.0 Å². The van der Waals surface area contributed by atoms with E-state index in [1.807, 2.05) is 61.6 Å². The van der Waals surface area contributed by atoms with E-state index in [2.05, 4.69) is 32.8 Å². The van der Waals surface area contributed by atoms with E-state index in [-0.39, 0.29) is 11.5 Å². The number of anilines is 1. The predicted octanol–water partition coefficient (Wildman–Crippen LogP) is 3.85. The Kier molecular flexibility index (Phi) is 6.53. The molecule has 41 heavy (non-hydrogen) atoms. The van der Waals surface area contributed by atoms with Gasteiger partial charge >= 0.3 is 0 Å². The van der Waals surface area contributed by atoms with E-state index in [9.17, 15) is 9.59 Å². The molecule has 10 nitrogen and oxygen atoms in total. The van der Waals surface area contributed by atoms with Crippen molar-refractivity contribution in [3.8, 4) is 11.8 Å². The Morgan fingerprint density at radius 2 is 1.80 bits per heavy atom. The van der Waals surface area contributed by atoms with E-state index in [1.54, 1.807) is 53.8 Å². The van der Waals surface area contributed by atoms with Crippen molar-refractivity contribution >= 4 is 28.0 Å². The van der Waals surface area contributed by atoms with Gasteiger partial charge in [0.2, 0.25) is 0 Å². The van der Waals surface area contributed by atoms with Gasteiger partial charge in [-0.15, -0.1) is 0 Å². The van der Waals surface area contributed by atoms with E-state index < -0.39 is 6.04 Å². The summed E-state index contributed by atoms with van der Waals surface area (Å²) in [6.07, 6.45) is 5.27. The number of pyridine rings is 1. The molecule has 1 atom stereocenters. The quantitative estimate of drug-likeness (QED) is 0.320. The maximum atomic E-state index is 14.1. The molecule has 6 rings (SSSR count). The maximum Gasteiger partial charge on any atom is 0.281 e. The molecule has 0 aliphatic carbocycles. The molecule has 4 aromatic heterocycles. The highest BCUT2D eigenvalue weighted by Crippen LogP contribution is 2.20. The standard InChI is InChI=1S/C31H26N8O2/c1-20-27(26-14-7-8-17-38(26)35-20)30(40)33-21(2)29-34-25-13-9-10-23(16-15-22-18-32-37(3)19-22)28(25)31(41)39(29)36-24-11-5-4-6-12-24/h4-14,17-19,21,36H,1-3H3,(H,33,40)/t21-/m0/s1. The molecule has 0 spiro atoms. The molecular weight excluding hydrogens is 516 g/mol. The Hall–Kier alpha value is -5.69. The topological polar surface area (TPSA) is 111 Å². The molecule has 0 unspecified atom stereocenters. The molecule has 2 N–H and O–H groups in total. The summed E-state index contributed by atoms with van der Waals surface area (Å²) in [6.45, 7) is 3.59. The van der Waals surface area contributed by atoms with Gasteiger partial charge in [0.25, 0.3) is 11.5 Å². The van der Waals surface area contributed by atoms with Crippen molar-refractivity contribution in [1.82, 2.24) is 34.4 Å². The molecule has 1 amide bonds. The lowest BCUT2D eigenvalue weighted by Gasteiger charge is -2.21. The van der Waals surface area contributed by atoms with Crippen molar-refractivity contribution in [2.45, 2.75) is 19.9 Å². The van der Waals surface area contributed by atoms with Crippen molar-refractivity contribution in [2.75, 3.05) is 5.43 Å². The molecule has 0 aliphatic rings. The number of aromatic nitrogens is 6. The molecular formula is C31H26N8O2. The highest BCUT2D eigenvalue weighted by molar-refractivity contribution is 6.02. The van der Waals surface area contributed by atoms with E-state index >= 15 is 0 Å². The van der Waals surface area contributed by atoms with Crippen molar-refractivity contribution in [3.63, 3.8) is 0 Å². The third kappa shape index (κ3) is 4.92. The van der Waals surface area contributed by atoms with Crippen molar-refractivity contribution in [2.24, 2.45) is 7.05 Å². The molecule has 0 fully saturated rings. The summed E-state index contributed by atoms with van der Waals surface area (Å²) in [5, 5.41) is 12.0. The summed E-state index contributed by atoms with van der Waals surface area (Å²) < 4.78 is 4.72. The van der Waals surface area contributed by atoms with Gasteiger partial charge in [-0.05, 0) is 50.2 Å². The molecule has 202 valence electrons. The van der Waals surface area contributed by atoms with Gasteiger partial charge in [-0.3, -0.25) is 19.7 Å². The van der Waals surface area contributed by atoms with Gasteiger partial charge in [0, 0.05) is 25.0 Å². The minimum Gasteiger partial charge on any atom is -0.342 e. The number of carbonyl (C=O) groups is 1. The molecule has 0 radical (unpaired) electrons. The first-order valence-corrected chi connectivity index (χ1v) is 13.0. The van der Waals surface area contributed by atoms with Gasteiger partial charge in [-0.1, -0.05) is 42.2 Å². The summed E-state index contributed by atoms with van der Waals surface area (Å²) in [5.74, 6) is 6.21. The largest absolute Gasteiger partial charge is 0.342 e. The average Bonchev–Trinajstić information content (AvgIpc) is 3.55. The molecule has 6 aromatic rings. The molecule has 10 heteroatoms. The molecule has 0 bridgehead atoms. The number of aryl methyl sites for hydroxylation is 2. The fourth-order valence-corrected chi connectivity index (χ4v) is 4.75. The number of amides is 1. The third-order valence-corrected chi connectivity index (χ3v) is 6.66. The second kappa shape index (κ2) is 10.5. The zero-order chi connectivity index (χ0) is 28.5. The summed E-state index contributed by atoms with van der Waals surface area (Å²) in [5.41, 5.74) is 7.04. The van der Waals surface area contributed by atoms with Crippen LogP contribution in [0.2, 0.25) is 0 Å². The van der Waals surface area contributed by atoms with Crippen LogP contribution in [0.3, 0.4) is 0 Å². The zero-order valence-corrected chi connectivity index (χ0v) is 22.7. The molecule has 0 saturated heterocycles. The van der Waals surface area contributed by atoms with Crippen LogP contribution in [0, 0.1) is 18.8 Å². The number of nitrogens with zero attached hydrogens (tertiary/aromatic N) is 6. The van der Waals surface area contributed by atoms with Crippen LogP contribution in [0.4, 0.5) is 5.69 Å². The molecule has 4 heterocycles. The Labute approximate surface area is 235 Å². The van der Waals surface area contributed by atoms with E-state index in [1.165, 1.54) is 4.68 Å². The highest BCUT2D eigenvalue weighted by Gasteiger charge is 2.23. The van der Waals surface area contributed by atoms with E-state index in [0.29, 0.717) is 44.8 Å². The first-order chi connectivity index (χ1) is 19.9. The number of para-hydroxylation sites is 1. The number of carbonyl (C=O) groups excluding carboxylic acids is 1. The fourth-order valence-electron chi connectivity index (χ4n) is 4.75. The third-order valence-electron chi connectivity index (χ3n) is 6.66. The summed E-state index contributed by atoms with van der Waals surface area (Å²) in [6, 6.07) is 19.6. The fraction of sp³-hybridized carbons (Fsp3) is 0.129. The Morgan fingerprint density at radius 3 is 2.59 bits per heavy atom. The first kappa shape index (κ1) is 25.6. The lowest BCUT2D eigenvalue weighted by atomic mass is 10.1. The molecule has 2 aromatic carbocycles. The zero-order valence-electron chi connectivity index (χ0n) is 22.7. The van der Waals surface area contributed by atoms with Crippen LogP contribution in [0.5, 0.6) is 0 Å². The van der Waals surface area contributed by atoms with Crippen LogP contribution in [-0.2, 0) is 7.05 Å². The summed E-state index contributed by atoms with van der Waals surface area (Å²) in [7, 11) is 1.82. The monoisotopic (exact) mass is 542 g/mol. The van der Waals surface area contributed by atoms with Crippen LogP contribution in [-0.4, -0.2) is 35.0 Å². The van der Waals surface area contributed by atoms with Crippen LogP contribution in [0.15, 0.2) is 90.1 Å². The number of hydrogen-bond acceptors (Lipinski definition) is 6. The predicted molar refractivity (Wildman–Crippen MR) is 156 cm³/mol. The van der Waals surface area contributed by atoms with Crippen LogP contribution < -0.4 is 16.3 Å². The normalized spacial score (nSPS) is 11.7. The molecule has 0 aliphatic heterocycles. The Bertz CT molecular complexity index is 2040. The van der Waals surface area contributed by atoms with Crippen molar-refractivity contribution in [3.05, 3.63) is 124 Å². The van der Waals surface area contributed by atoms with Gasteiger partial charge in [-0.2, -0.15) is 10.2 Å². The lowest BCUT2D eigenvalue weighted by Crippen LogP contribution is -2.37. The lowest BCUT2D eigenvalue weighted by molar-refractivity contribution is 0.0938.